The number of rotatable bonds is 3. The van der Waals surface area contributed by atoms with Gasteiger partial charge in [-0.15, -0.1) is 0 Å². The van der Waals surface area contributed by atoms with Crippen LogP contribution in [0, 0.1) is 10.1 Å². The number of hydrogen-bond donors (Lipinski definition) is 2. The number of amides is 1. The summed E-state index contributed by atoms with van der Waals surface area (Å²) in [6.07, 6.45) is 0. The lowest BCUT2D eigenvalue weighted by Gasteiger charge is -2.08. The van der Waals surface area contributed by atoms with E-state index in [0.29, 0.717) is 5.56 Å². The topological polar surface area (TPSA) is 92.5 Å². The highest BCUT2D eigenvalue weighted by atomic mass is 16.6. The van der Waals surface area contributed by atoms with Crippen LogP contribution in [0.5, 0.6) is 0 Å². The Bertz CT molecular complexity index is 626. The molecule has 19 heavy (non-hydrogen) atoms. The minimum Gasteiger partial charge on any atom is -0.288 e. The van der Waals surface area contributed by atoms with Crippen molar-refractivity contribution in [3.8, 4) is 11.1 Å². The number of benzene rings is 2. The van der Waals surface area contributed by atoms with Crippen molar-refractivity contribution in [1.82, 2.24) is 5.48 Å². The molecule has 2 N–H and O–H groups in total. The van der Waals surface area contributed by atoms with Gasteiger partial charge in [0.05, 0.1) is 16.1 Å². The Morgan fingerprint density at radius 2 is 1.79 bits per heavy atom. The molecule has 0 atom stereocenters. The normalized spacial score (nSPS) is 9.95. The van der Waals surface area contributed by atoms with Gasteiger partial charge in [0.1, 0.15) is 0 Å². The van der Waals surface area contributed by atoms with E-state index in [4.69, 9.17) is 5.21 Å². The first-order chi connectivity index (χ1) is 9.15. The average molecular weight is 258 g/mol. The molecule has 2 aromatic rings. The molecule has 96 valence electrons. The second-order valence-corrected chi connectivity index (χ2v) is 3.76. The zero-order valence-electron chi connectivity index (χ0n) is 9.74. The Balaban J connectivity index is 2.74. The van der Waals surface area contributed by atoms with E-state index in [-0.39, 0.29) is 16.8 Å². The van der Waals surface area contributed by atoms with E-state index in [1.165, 1.54) is 23.7 Å². The molecule has 1 amide bonds. The van der Waals surface area contributed by atoms with Gasteiger partial charge in [0.25, 0.3) is 11.6 Å². The molecule has 0 unspecified atom stereocenters. The Kier molecular flexibility index (Phi) is 3.53. The zero-order valence-corrected chi connectivity index (χ0v) is 9.74. The van der Waals surface area contributed by atoms with Crippen molar-refractivity contribution in [2.45, 2.75) is 0 Å². The lowest BCUT2D eigenvalue weighted by atomic mass is 9.97. The van der Waals surface area contributed by atoms with Crippen LogP contribution in [-0.4, -0.2) is 16.0 Å². The van der Waals surface area contributed by atoms with E-state index in [1.54, 1.807) is 30.3 Å². The zero-order chi connectivity index (χ0) is 13.8. The number of hydroxylamine groups is 1. The molecule has 6 nitrogen and oxygen atoms in total. The van der Waals surface area contributed by atoms with Crippen molar-refractivity contribution in [3.05, 3.63) is 64.2 Å². The number of nitrogens with zero attached hydrogens (tertiary/aromatic N) is 1. The van der Waals surface area contributed by atoms with Gasteiger partial charge >= 0.3 is 0 Å². The second-order valence-electron chi connectivity index (χ2n) is 3.76. The summed E-state index contributed by atoms with van der Waals surface area (Å²) in [6.45, 7) is 0. The Hall–Kier alpha value is -2.73. The predicted molar refractivity (Wildman–Crippen MR) is 67.8 cm³/mol. The number of hydrogen-bond acceptors (Lipinski definition) is 4. The van der Waals surface area contributed by atoms with Crippen LogP contribution >= 0.6 is 0 Å². The molecule has 2 aromatic carbocycles. The van der Waals surface area contributed by atoms with Gasteiger partial charge in [-0.05, 0) is 11.6 Å². The maximum Gasteiger partial charge on any atom is 0.278 e. The van der Waals surface area contributed by atoms with Crippen molar-refractivity contribution in [1.29, 1.82) is 0 Å². The third kappa shape index (κ3) is 2.43. The lowest BCUT2D eigenvalue weighted by Crippen LogP contribution is -2.19. The summed E-state index contributed by atoms with van der Waals surface area (Å²) in [5.41, 5.74) is 2.07. The van der Waals surface area contributed by atoms with Gasteiger partial charge in [-0.25, -0.2) is 5.48 Å². The molecule has 0 bridgehead atoms. The first-order valence-electron chi connectivity index (χ1n) is 5.42. The summed E-state index contributed by atoms with van der Waals surface area (Å²) >= 11 is 0. The predicted octanol–water partition coefficient (Wildman–Crippen LogP) is 2.38. The fourth-order valence-corrected chi connectivity index (χ4v) is 1.85. The fraction of sp³-hybridized carbons (Fsp3) is 0. The van der Waals surface area contributed by atoms with Gasteiger partial charge in [0, 0.05) is 6.07 Å². The van der Waals surface area contributed by atoms with Crippen molar-refractivity contribution in [2.75, 3.05) is 0 Å². The van der Waals surface area contributed by atoms with Crippen LogP contribution in [0.4, 0.5) is 5.69 Å². The van der Waals surface area contributed by atoms with Crippen molar-refractivity contribution < 1.29 is 14.9 Å². The Morgan fingerprint density at radius 1 is 1.11 bits per heavy atom. The van der Waals surface area contributed by atoms with Crippen LogP contribution < -0.4 is 5.48 Å². The standard InChI is InChI=1S/C13H10N2O4/c16-13(14-17)10-7-4-8-11(15(18)19)12(10)9-5-2-1-3-6-9/h1-8,17H,(H,14,16). The van der Waals surface area contributed by atoms with Gasteiger partial charge in [0.15, 0.2) is 0 Å². The van der Waals surface area contributed by atoms with Gasteiger partial charge in [-0.3, -0.25) is 20.1 Å². The van der Waals surface area contributed by atoms with Gasteiger partial charge in [-0.1, -0.05) is 36.4 Å². The highest BCUT2D eigenvalue weighted by Gasteiger charge is 2.22. The second kappa shape index (κ2) is 5.28. The summed E-state index contributed by atoms with van der Waals surface area (Å²) in [5.74, 6) is -0.789. The smallest absolute Gasteiger partial charge is 0.278 e. The van der Waals surface area contributed by atoms with Crippen molar-refractivity contribution in [3.63, 3.8) is 0 Å². The van der Waals surface area contributed by atoms with E-state index in [0.717, 1.165) is 0 Å². The number of carbonyl (C=O) groups is 1. The van der Waals surface area contributed by atoms with Crippen LogP contribution in [0.1, 0.15) is 10.4 Å². The molecule has 0 aliphatic heterocycles. The monoisotopic (exact) mass is 258 g/mol. The molecule has 0 saturated carbocycles. The molecule has 0 saturated heterocycles. The van der Waals surface area contributed by atoms with Crippen molar-refractivity contribution >= 4 is 11.6 Å². The molecule has 0 aromatic heterocycles. The van der Waals surface area contributed by atoms with Gasteiger partial charge in [-0.2, -0.15) is 0 Å². The minimum absolute atomic E-state index is 0.0444. The molecule has 0 aliphatic rings. The molecule has 0 spiro atoms. The lowest BCUT2D eigenvalue weighted by molar-refractivity contribution is -0.384. The molecular weight excluding hydrogens is 248 g/mol. The Labute approximate surface area is 108 Å². The maximum atomic E-state index is 11.6. The van der Waals surface area contributed by atoms with Crippen LogP contribution in [0.25, 0.3) is 11.1 Å². The first kappa shape index (κ1) is 12.7. The number of nitro groups is 1. The quantitative estimate of drug-likeness (QED) is 0.502. The molecule has 6 heteroatoms. The van der Waals surface area contributed by atoms with Crippen molar-refractivity contribution in [2.24, 2.45) is 0 Å². The first-order valence-corrected chi connectivity index (χ1v) is 5.42. The van der Waals surface area contributed by atoms with E-state index in [2.05, 4.69) is 0 Å². The third-order valence-electron chi connectivity index (χ3n) is 2.65. The molecule has 2 rings (SSSR count). The van der Waals surface area contributed by atoms with E-state index in [9.17, 15) is 14.9 Å². The summed E-state index contributed by atoms with van der Waals surface area (Å²) in [5, 5.41) is 19.8. The van der Waals surface area contributed by atoms with Crippen LogP contribution in [0.3, 0.4) is 0 Å². The van der Waals surface area contributed by atoms with Gasteiger partial charge in [0.2, 0.25) is 0 Å². The largest absolute Gasteiger partial charge is 0.288 e. The number of nitrogens with one attached hydrogen (secondary N) is 1. The number of carbonyl (C=O) groups excluding carboxylic acids is 1. The van der Waals surface area contributed by atoms with Crippen LogP contribution in [0.15, 0.2) is 48.5 Å². The molecule has 0 heterocycles. The molecule has 0 fully saturated rings. The van der Waals surface area contributed by atoms with Crippen LogP contribution in [0.2, 0.25) is 0 Å². The Morgan fingerprint density at radius 3 is 2.37 bits per heavy atom. The minimum atomic E-state index is -0.789. The summed E-state index contributed by atoms with van der Waals surface area (Å²) in [7, 11) is 0. The summed E-state index contributed by atoms with van der Waals surface area (Å²) < 4.78 is 0. The summed E-state index contributed by atoms with van der Waals surface area (Å²) in [6, 6.07) is 12.7. The SMILES string of the molecule is O=C(NO)c1cccc([N+](=O)[O-])c1-c1ccccc1. The summed E-state index contributed by atoms with van der Waals surface area (Å²) in [4.78, 5) is 22.1. The maximum absolute atomic E-state index is 11.6. The third-order valence-corrected chi connectivity index (χ3v) is 2.65. The fourth-order valence-electron chi connectivity index (χ4n) is 1.85. The van der Waals surface area contributed by atoms with E-state index in [1.807, 2.05) is 0 Å². The number of nitro benzene ring substituents is 1. The van der Waals surface area contributed by atoms with E-state index < -0.39 is 10.8 Å². The molecule has 0 radical (unpaired) electrons. The molecular formula is C13H10N2O4. The van der Waals surface area contributed by atoms with E-state index >= 15 is 0 Å². The highest BCUT2D eigenvalue weighted by molar-refractivity contribution is 6.02. The highest BCUT2D eigenvalue weighted by Crippen LogP contribution is 2.32. The van der Waals surface area contributed by atoms with Gasteiger partial charge < -0.3 is 0 Å². The van der Waals surface area contributed by atoms with Crippen LogP contribution in [-0.2, 0) is 0 Å². The average Bonchev–Trinajstić information content (AvgIpc) is 2.46. The molecule has 0 aliphatic carbocycles.